The second-order valence-electron chi connectivity index (χ2n) is 5.62. The molecule has 0 N–H and O–H groups in total. The average molecular weight is 300 g/mol. The highest BCUT2D eigenvalue weighted by Gasteiger charge is 2.19. The second-order valence-corrected chi connectivity index (χ2v) is 5.62. The third-order valence-corrected chi connectivity index (χ3v) is 4.04. The Bertz CT molecular complexity index is 653. The molecule has 1 saturated heterocycles. The van der Waals surface area contributed by atoms with Crippen LogP contribution in [0.3, 0.4) is 0 Å². The lowest BCUT2D eigenvalue weighted by molar-refractivity contribution is 0.0792. The topological polar surface area (TPSA) is 55.6 Å². The van der Waals surface area contributed by atoms with Crippen LogP contribution in [0.1, 0.15) is 40.2 Å². The van der Waals surface area contributed by atoms with Gasteiger partial charge >= 0.3 is 0 Å². The van der Waals surface area contributed by atoms with E-state index in [1.54, 1.807) is 6.07 Å². The molecular formula is C17H20N2O3. The summed E-state index contributed by atoms with van der Waals surface area (Å²) in [6, 6.07) is 7.35. The summed E-state index contributed by atoms with van der Waals surface area (Å²) in [7, 11) is 0. The third-order valence-electron chi connectivity index (χ3n) is 4.04. The van der Waals surface area contributed by atoms with Gasteiger partial charge in [-0.2, -0.15) is 0 Å². The smallest absolute Gasteiger partial charge is 0.253 e. The number of carbonyl (C=O) groups is 1. The van der Waals surface area contributed by atoms with Gasteiger partial charge in [-0.15, -0.1) is 0 Å². The highest BCUT2D eigenvalue weighted by Crippen LogP contribution is 2.20. The van der Waals surface area contributed by atoms with Gasteiger partial charge in [0.05, 0.1) is 11.3 Å². The summed E-state index contributed by atoms with van der Waals surface area (Å²) >= 11 is 0. The monoisotopic (exact) mass is 300 g/mol. The molecule has 0 unspecified atom stereocenters. The van der Waals surface area contributed by atoms with Crippen molar-refractivity contribution in [2.45, 2.75) is 33.3 Å². The molecule has 3 rings (SSSR count). The third kappa shape index (κ3) is 2.98. The standard InChI is InChI=1S/C17H20N2O3/c1-12-16(13(2)22-18-12)11-21-15-7-5-6-14(10-15)17(20)19-8-3-4-9-19/h5-7,10H,3-4,8-9,11H2,1-2H3. The highest BCUT2D eigenvalue weighted by molar-refractivity contribution is 5.94. The molecule has 0 atom stereocenters. The Balaban J connectivity index is 1.70. The van der Waals surface area contributed by atoms with Gasteiger partial charge in [0.2, 0.25) is 0 Å². The maximum absolute atomic E-state index is 12.4. The zero-order chi connectivity index (χ0) is 15.5. The van der Waals surface area contributed by atoms with E-state index in [0.29, 0.717) is 17.9 Å². The van der Waals surface area contributed by atoms with E-state index < -0.39 is 0 Å². The maximum Gasteiger partial charge on any atom is 0.253 e. The van der Waals surface area contributed by atoms with E-state index in [9.17, 15) is 4.79 Å². The van der Waals surface area contributed by atoms with Gasteiger partial charge in [0.15, 0.2) is 0 Å². The number of nitrogens with zero attached hydrogens (tertiary/aromatic N) is 2. The quantitative estimate of drug-likeness (QED) is 0.870. The zero-order valence-corrected chi connectivity index (χ0v) is 13.0. The Labute approximate surface area is 129 Å². The second kappa shape index (κ2) is 6.22. The van der Waals surface area contributed by atoms with Gasteiger partial charge in [0.1, 0.15) is 18.1 Å². The fourth-order valence-corrected chi connectivity index (χ4v) is 2.69. The van der Waals surface area contributed by atoms with E-state index >= 15 is 0 Å². The van der Waals surface area contributed by atoms with Gasteiger partial charge in [0.25, 0.3) is 5.91 Å². The van der Waals surface area contributed by atoms with E-state index in [2.05, 4.69) is 5.16 Å². The molecule has 0 bridgehead atoms. The van der Waals surface area contributed by atoms with Crippen molar-refractivity contribution in [3.8, 4) is 5.75 Å². The Morgan fingerprint density at radius 2 is 2.09 bits per heavy atom. The molecule has 0 aliphatic carbocycles. The fraction of sp³-hybridized carbons (Fsp3) is 0.412. The number of carbonyl (C=O) groups excluding carboxylic acids is 1. The minimum atomic E-state index is 0.0836. The van der Waals surface area contributed by atoms with Crippen LogP contribution in [0, 0.1) is 13.8 Å². The molecule has 5 heteroatoms. The largest absolute Gasteiger partial charge is 0.489 e. The van der Waals surface area contributed by atoms with E-state index in [4.69, 9.17) is 9.26 Å². The summed E-state index contributed by atoms with van der Waals surface area (Å²) in [6.45, 7) is 5.85. The Morgan fingerprint density at radius 3 is 2.77 bits per heavy atom. The molecule has 1 amide bonds. The van der Waals surface area contributed by atoms with Crippen LogP contribution >= 0.6 is 0 Å². The minimum absolute atomic E-state index is 0.0836. The van der Waals surface area contributed by atoms with E-state index in [-0.39, 0.29) is 5.91 Å². The summed E-state index contributed by atoms with van der Waals surface area (Å²) in [5.74, 6) is 1.53. The van der Waals surface area contributed by atoms with Crippen LogP contribution in [0.2, 0.25) is 0 Å². The summed E-state index contributed by atoms with van der Waals surface area (Å²) < 4.78 is 10.9. The Morgan fingerprint density at radius 1 is 1.32 bits per heavy atom. The molecule has 0 radical (unpaired) electrons. The molecule has 116 valence electrons. The molecule has 2 aromatic rings. The Kier molecular flexibility index (Phi) is 4.13. The lowest BCUT2D eigenvalue weighted by Gasteiger charge is -2.15. The number of benzene rings is 1. The molecule has 1 fully saturated rings. The van der Waals surface area contributed by atoms with Gasteiger partial charge in [0, 0.05) is 18.7 Å². The fourth-order valence-electron chi connectivity index (χ4n) is 2.69. The van der Waals surface area contributed by atoms with Crippen LogP contribution in [0.5, 0.6) is 5.75 Å². The summed E-state index contributed by atoms with van der Waals surface area (Å²) in [5.41, 5.74) is 2.47. The van der Waals surface area contributed by atoms with Gasteiger partial charge in [-0.25, -0.2) is 0 Å². The highest BCUT2D eigenvalue weighted by atomic mass is 16.5. The van der Waals surface area contributed by atoms with Crippen molar-refractivity contribution < 1.29 is 14.1 Å². The first-order valence-corrected chi connectivity index (χ1v) is 7.59. The van der Waals surface area contributed by atoms with E-state index in [1.165, 1.54) is 0 Å². The number of hydrogen-bond acceptors (Lipinski definition) is 4. The SMILES string of the molecule is Cc1noc(C)c1COc1cccc(C(=O)N2CCCC2)c1. The number of hydrogen-bond donors (Lipinski definition) is 0. The summed E-state index contributed by atoms with van der Waals surface area (Å²) in [4.78, 5) is 14.3. The molecule has 5 nitrogen and oxygen atoms in total. The molecule has 0 spiro atoms. The molecule has 1 aromatic heterocycles. The number of amides is 1. The van der Waals surface area contributed by atoms with Gasteiger partial charge in [-0.05, 0) is 44.9 Å². The molecule has 1 aromatic carbocycles. The van der Waals surface area contributed by atoms with Crippen molar-refractivity contribution in [1.82, 2.24) is 10.1 Å². The lowest BCUT2D eigenvalue weighted by atomic mass is 10.2. The predicted octanol–water partition coefficient (Wildman–Crippen LogP) is 3.11. The summed E-state index contributed by atoms with van der Waals surface area (Å²) in [5, 5.41) is 3.91. The van der Waals surface area contributed by atoms with Gasteiger partial charge in [-0.3, -0.25) is 4.79 Å². The minimum Gasteiger partial charge on any atom is -0.489 e. The Hall–Kier alpha value is -2.30. The lowest BCUT2D eigenvalue weighted by Crippen LogP contribution is -2.27. The molecular weight excluding hydrogens is 280 g/mol. The number of rotatable bonds is 4. The maximum atomic E-state index is 12.4. The predicted molar refractivity (Wildman–Crippen MR) is 81.9 cm³/mol. The molecule has 0 saturated carbocycles. The van der Waals surface area contributed by atoms with E-state index in [1.807, 2.05) is 36.9 Å². The van der Waals surface area contributed by atoms with Crippen LogP contribution < -0.4 is 4.74 Å². The van der Waals surface area contributed by atoms with Crippen molar-refractivity contribution in [3.05, 3.63) is 46.8 Å². The van der Waals surface area contributed by atoms with Gasteiger partial charge in [-0.1, -0.05) is 11.2 Å². The molecule has 2 heterocycles. The van der Waals surface area contributed by atoms with E-state index in [0.717, 1.165) is 42.9 Å². The average Bonchev–Trinajstić information content (AvgIpc) is 3.16. The van der Waals surface area contributed by atoms with Crippen molar-refractivity contribution >= 4 is 5.91 Å². The van der Waals surface area contributed by atoms with Gasteiger partial charge < -0.3 is 14.2 Å². The molecule has 1 aliphatic rings. The zero-order valence-electron chi connectivity index (χ0n) is 13.0. The van der Waals surface area contributed by atoms with Crippen molar-refractivity contribution in [2.75, 3.05) is 13.1 Å². The van der Waals surface area contributed by atoms with Crippen LogP contribution in [-0.4, -0.2) is 29.1 Å². The normalized spacial score (nSPS) is 14.4. The van der Waals surface area contributed by atoms with Crippen LogP contribution in [0.25, 0.3) is 0 Å². The van der Waals surface area contributed by atoms with Crippen molar-refractivity contribution in [3.63, 3.8) is 0 Å². The van der Waals surface area contributed by atoms with Crippen LogP contribution in [-0.2, 0) is 6.61 Å². The number of ether oxygens (including phenoxy) is 1. The molecule has 1 aliphatic heterocycles. The first-order valence-electron chi connectivity index (χ1n) is 7.59. The number of aryl methyl sites for hydroxylation is 2. The number of likely N-dealkylation sites (tertiary alicyclic amines) is 1. The van der Waals surface area contributed by atoms with Crippen molar-refractivity contribution in [2.24, 2.45) is 0 Å². The van der Waals surface area contributed by atoms with Crippen LogP contribution in [0.4, 0.5) is 0 Å². The van der Waals surface area contributed by atoms with Crippen LogP contribution in [0.15, 0.2) is 28.8 Å². The summed E-state index contributed by atoms with van der Waals surface area (Å²) in [6.07, 6.45) is 2.18. The first-order chi connectivity index (χ1) is 10.6. The molecule has 22 heavy (non-hydrogen) atoms. The van der Waals surface area contributed by atoms with Crippen molar-refractivity contribution in [1.29, 1.82) is 0 Å². The first kappa shape index (κ1) is 14.6. The number of aromatic nitrogens is 1.